The molecule has 2 rings (SSSR count). The SMILES string of the molecule is CC(C)CC(=O)c1c[nH]c2cccc(OC(C)C)c12. The first-order valence-corrected chi connectivity index (χ1v) is 6.79. The number of ether oxygens (including phenoxy) is 1. The van der Waals surface area contributed by atoms with Gasteiger partial charge in [-0.25, -0.2) is 0 Å². The molecule has 0 atom stereocenters. The molecule has 1 aromatic carbocycles. The van der Waals surface area contributed by atoms with Gasteiger partial charge in [-0.1, -0.05) is 19.9 Å². The highest BCUT2D eigenvalue weighted by Gasteiger charge is 2.17. The lowest BCUT2D eigenvalue weighted by molar-refractivity contribution is 0.0969. The molecule has 0 bridgehead atoms. The lowest BCUT2D eigenvalue weighted by atomic mass is 10.0. The first kappa shape index (κ1) is 13.7. The van der Waals surface area contributed by atoms with Crippen molar-refractivity contribution in [1.29, 1.82) is 0 Å². The van der Waals surface area contributed by atoms with Crippen molar-refractivity contribution in [3.63, 3.8) is 0 Å². The molecule has 19 heavy (non-hydrogen) atoms. The average molecular weight is 259 g/mol. The fraction of sp³-hybridized carbons (Fsp3) is 0.438. The summed E-state index contributed by atoms with van der Waals surface area (Å²) in [4.78, 5) is 15.4. The first-order chi connectivity index (χ1) is 8.99. The smallest absolute Gasteiger partial charge is 0.165 e. The predicted octanol–water partition coefficient (Wildman–Crippen LogP) is 4.18. The van der Waals surface area contributed by atoms with Crippen molar-refractivity contribution in [2.45, 2.75) is 40.2 Å². The number of fused-ring (bicyclic) bond motifs is 1. The van der Waals surface area contributed by atoms with Gasteiger partial charge in [-0.3, -0.25) is 4.79 Å². The van der Waals surface area contributed by atoms with E-state index >= 15 is 0 Å². The zero-order valence-corrected chi connectivity index (χ0v) is 12.0. The Hall–Kier alpha value is -1.77. The van der Waals surface area contributed by atoms with Crippen molar-refractivity contribution >= 4 is 16.7 Å². The highest BCUT2D eigenvalue weighted by Crippen LogP contribution is 2.30. The molecule has 0 amide bonds. The summed E-state index contributed by atoms with van der Waals surface area (Å²) >= 11 is 0. The van der Waals surface area contributed by atoms with Gasteiger partial charge in [0.2, 0.25) is 0 Å². The van der Waals surface area contributed by atoms with Gasteiger partial charge in [0, 0.05) is 23.7 Å². The number of ketones is 1. The lowest BCUT2D eigenvalue weighted by Crippen LogP contribution is -2.07. The Morgan fingerprint density at radius 3 is 2.63 bits per heavy atom. The third kappa shape index (κ3) is 2.98. The molecule has 0 aliphatic rings. The second-order valence-electron chi connectivity index (χ2n) is 5.57. The van der Waals surface area contributed by atoms with Crippen molar-refractivity contribution in [2.24, 2.45) is 5.92 Å². The lowest BCUT2D eigenvalue weighted by Gasteiger charge is -2.12. The molecule has 0 aliphatic carbocycles. The van der Waals surface area contributed by atoms with Crippen molar-refractivity contribution in [2.75, 3.05) is 0 Å². The minimum absolute atomic E-state index is 0.0913. The minimum Gasteiger partial charge on any atom is -0.490 e. The largest absolute Gasteiger partial charge is 0.490 e. The quantitative estimate of drug-likeness (QED) is 0.818. The van der Waals surface area contributed by atoms with Gasteiger partial charge in [-0.15, -0.1) is 0 Å². The zero-order valence-electron chi connectivity index (χ0n) is 12.0. The summed E-state index contributed by atoms with van der Waals surface area (Å²) in [6.45, 7) is 8.08. The number of carbonyl (C=O) groups excluding carboxylic acids is 1. The van der Waals surface area contributed by atoms with Crippen molar-refractivity contribution in [1.82, 2.24) is 4.98 Å². The molecule has 102 valence electrons. The highest BCUT2D eigenvalue weighted by atomic mass is 16.5. The molecular weight excluding hydrogens is 238 g/mol. The normalized spacial score (nSPS) is 11.5. The maximum atomic E-state index is 12.3. The van der Waals surface area contributed by atoms with Crippen LogP contribution in [0.25, 0.3) is 10.9 Å². The maximum absolute atomic E-state index is 12.3. The monoisotopic (exact) mass is 259 g/mol. The molecule has 1 N–H and O–H groups in total. The van der Waals surface area contributed by atoms with Gasteiger partial charge in [0.1, 0.15) is 5.75 Å². The van der Waals surface area contributed by atoms with E-state index in [1.807, 2.05) is 32.0 Å². The fourth-order valence-electron chi connectivity index (χ4n) is 2.20. The molecule has 0 saturated heterocycles. The van der Waals surface area contributed by atoms with Crippen LogP contribution in [0.5, 0.6) is 5.75 Å². The van der Waals surface area contributed by atoms with Gasteiger partial charge in [0.15, 0.2) is 5.78 Å². The standard InChI is InChI=1S/C16H21NO2/c1-10(2)8-14(18)12-9-17-13-6-5-7-15(16(12)13)19-11(3)4/h5-7,9-11,17H,8H2,1-4H3. The molecule has 2 aromatic rings. The number of aromatic amines is 1. The van der Waals surface area contributed by atoms with E-state index in [2.05, 4.69) is 18.8 Å². The van der Waals surface area contributed by atoms with E-state index < -0.39 is 0 Å². The van der Waals surface area contributed by atoms with E-state index in [0.717, 1.165) is 22.2 Å². The molecule has 0 spiro atoms. The van der Waals surface area contributed by atoms with Crippen LogP contribution >= 0.6 is 0 Å². The maximum Gasteiger partial charge on any atom is 0.165 e. The Bertz CT molecular complexity index is 581. The number of hydrogen-bond acceptors (Lipinski definition) is 2. The summed E-state index contributed by atoms with van der Waals surface area (Å²) in [5, 5.41) is 0.904. The fourth-order valence-corrected chi connectivity index (χ4v) is 2.20. The minimum atomic E-state index is 0.0913. The van der Waals surface area contributed by atoms with Gasteiger partial charge in [0.25, 0.3) is 0 Å². The summed E-state index contributed by atoms with van der Waals surface area (Å²) in [6.07, 6.45) is 2.44. The number of nitrogens with one attached hydrogen (secondary N) is 1. The molecule has 3 heteroatoms. The van der Waals surface area contributed by atoms with Crippen molar-refractivity contribution in [3.8, 4) is 5.75 Å². The van der Waals surface area contributed by atoms with Crippen LogP contribution in [0.4, 0.5) is 0 Å². The summed E-state index contributed by atoms with van der Waals surface area (Å²) < 4.78 is 5.81. The molecule has 3 nitrogen and oxygen atoms in total. The summed E-state index contributed by atoms with van der Waals surface area (Å²) in [5.41, 5.74) is 1.69. The summed E-state index contributed by atoms with van der Waals surface area (Å²) in [5.74, 6) is 1.30. The number of carbonyl (C=O) groups is 1. The van der Waals surface area contributed by atoms with Gasteiger partial charge >= 0.3 is 0 Å². The van der Waals surface area contributed by atoms with Crippen molar-refractivity contribution in [3.05, 3.63) is 30.0 Å². The molecule has 1 heterocycles. The number of aromatic nitrogens is 1. The summed E-state index contributed by atoms with van der Waals surface area (Å²) in [7, 11) is 0. The third-order valence-electron chi connectivity index (χ3n) is 2.92. The van der Waals surface area contributed by atoms with Crippen LogP contribution in [-0.4, -0.2) is 16.9 Å². The van der Waals surface area contributed by atoms with Crippen LogP contribution in [0, 0.1) is 5.92 Å². The first-order valence-electron chi connectivity index (χ1n) is 6.79. The Morgan fingerprint density at radius 2 is 2.00 bits per heavy atom. The number of rotatable bonds is 5. The van der Waals surface area contributed by atoms with Crippen LogP contribution in [0.3, 0.4) is 0 Å². The molecule has 0 saturated carbocycles. The molecule has 0 aliphatic heterocycles. The predicted molar refractivity (Wildman–Crippen MR) is 77.8 cm³/mol. The van der Waals surface area contributed by atoms with Gasteiger partial charge in [0.05, 0.1) is 11.5 Å². The second-order valence-corrected chi connectivity index (χ2v) is 5.57. The zero-order chi connectivity index (χ0) is 14.0. The van der Waals surface area contributed by atoms with E-state index in [0.29, 0.717) is 12.3 Å². The van der Waals surface area contributed by atoms with Gasteiger partial charge < -0.3 is 9.72 Å². The van der Waals surface area contributed by atoms with E-state index in [9.17, 15) is 4.79 Å². The van der Waals surface area contributed by atoms with E-state index in [4.69, 9.17) is 4.74 Å². The van der Waals surface area contributed by atoms with Crippen LogP contribution in [0.2, 0.25) is 0 Å². The van der Waals surface area contributed by atoms with E-state index in [1.165, 1.54) is 0 Å². The molecule has 0 fully saturated rings. The molecule has 0 radical (unpaired) electrons. The van der Waals surface area contributed by atoms with Crippen LogP contribution in [0.1, 0.15) is 44.5 Å². The van der Waals surface area contributed by atoms with Gasteiger partial charge in [-0.2, -0.15) is 0 Å². The number of benzene rings is 1. The Balaban J connectivity index is 2.47. The van der Waals surface area contributed by atoms with E-state index in [1.54, 1.807) is 6.20 Å². The molecule has 0 unspecified atom stereocenters. The number of hydrogen-bond donors (Lipinski definition) is 1. The number of H-pyrrole nitrogens is 1. The Morgan fingerprint density at radius 1 is 1.26 bits per heavy atom. The van der Waals surface area contributed by atoms with Crippen LogP contribution in [-0.2, 0) is 0 Å². The third-order valence-corrected chi connectivity index (χ3v) is 2.92. The topological polar surface area (TPSA) is 42.1 Å². The van der Waals surface area contributed by atoms with Crippen LogP contribution < -0.4 is 4.74 Å². The second kappa shape index (κ2) is 5.47. The van der Waals surface area contributed by atoms with Gasteiger partial charge in [-0.05, 0) is 31.9 Å². The number of Topliss-reactive ketones (excluding diaryl/α,β-unsaturated/α-hetero) is 1. The average Bonchev–Trinajstić information content (AvgIpc) is 2.72. The Kier molecular flexibility index (Phi) is 3.93. The molecular formula is C16H21NO2. The van der Waals surface area contributed by atoms with E-state index in [-0.39, 0.29) is 11.9 Å². The molecule has 1 aromatic heterocycles. The Labute approximate surface area is 114 Å². The highest BCUT2D eigenvalue weighted by molar-refractivity contribution is 6.10. The summed E-state index contributed by atoms with van der Waals surface area (Å²) in [6, 6.07) is 5.82. The van der Waals surface area contributed by atoms with Crippen molar-refractivity contribution < 1.29 is 9.53 Å². The van der Waals surface area contributed by atoms with Crippen LogP contribution in [0.15, 0.2) is 24.4 Å².